The van der Waals surface area contributed by atoms with E-state index in [1.54, 1.807) is 0 Å². The molecule has 6 heteroatoms. The lowest BCUT2D eigenvalue weighted by atomic mass is 10.3. The van der Waals surface area contributed by atoms with Gasteiger partial charge in [-0.2, -0.15) is 0 Å². The molecule has 0 bridgehead atoms. The number of halogens is 2. The van der Waals surface area contributed by atoms with Crippen molar-refractivity contribution >= 4 is 38.6 Å². The first-order valence-electron chi connectivity index (χ1n) is 6.35. The number of benzene rings is 1. The molecular weight excluding hydrogens is 328 g/mol. The number of nitrogens with zero attached hydrogens (tertiary/aromatic N) is 4. The second-order valence-electron chi connectivity index (χ2n) is 4.86. The minimum atomic E-state index is 0.429. The summed E-state index contributed by atoms with van der Waals surface area (Å²) < 4.78 is 3.25. The van der Waals surface area contributed by atoms with E-state index in [9.17, 15) is 0 Å². The largest absolute Gasteiger partial charge is 0.308 e. The van der Waals surface area contributed by atoms with Gasteiger partial charge in [0.05, 0.1) is 16.9 Å². The van der Waals surface area contributed by atoms with Crippen LogP contribution in [-0.2, 0) is 5.88 Å². The Morgan fingerprint density at radius 1 is 1.26 bits per heavy atom. The molecule has 1 fully saturated rings. The Morgan fingerprint density at radius 3 is 2.68 bits per heavy atom. The molecule has 102 valence electrons. The highest BCUT2D eigenvalue weighted by atomic mass is 79.9. The molecule has 1 aromatic heterocycles. The molecule has 1 aliphatic rings. The van der Waals surface area contributed by atoms with Crippen LogP contribution in [0.5, 0.6) is 0 Å². The molecule has 1 aliphatic heterocycles. The summed E-state index contributed by atoms with van der Waals surface area (Å²) in [7, 11) is 2.16. The Bertz CT molecular complexity index is 590. The first-order chi connectivity index (χ1) is 9.19. The molecule has 0 amide bonds. The van der Waals surface area contributed by atoms with Crippen molar-refractivity contribution < 1.29 is 0 Å². The molecule has 0 atom stereocenters. The van der Waals surface area contributed by atoms with Crippen LogP contribution in [0.2, 0.25) is 0 Å². The Labute approximate surface area is 126 Å². The normalized spacial score (nSPS) is 17.3. The number of hydrogen-bond acceptors (Lipinski definition) is 3. The topological polar surface area (TPSA) is 24.3 Å². The van der Waals surface area contributed by atoms with E-state index in [2.05, 4.69) is 48.6 Å². The molecule has 4 nitrogen and oxygen atoms in total. The van der Waals surface area contributed by atoms with Crippen LogP contribution in [0.1, 0.15) is 5.82 Å². The lowest BCUT2D eigenvalue weighted by Gasteiger charge is -2.35. The number of aromatic nitrogens is 2. The molecule has 0 unspecified atom stereocenters. The first-order valence-corrected chi connectivity index (χ1v) is 7.68. The van der Waals surface area contributed by atoms with E-state index in [0.29, 0.717) is 5.88 Å². The SMILES string of the molecule is CN1CCN(n2c(CCl)nc3ccc(Br)cc32)CC1. The summed E-state index contributed by atoms with van der Waals surface area (Å²) >= 11 is 9.59. The number of piperazine rings is 1. The Morgan fingerprint density at radius 2 is 2.00 bits per heavy atom. The van der Waals surface area contributed by atoms with E-state index in [1.807, 2.05) is 12.1 Å². The zero-order valence-corrected chi connectivity index (χ0v) is 13.2. The molecule has 0 N–H and O–H groups in total. The van der Waals surface area contributed by atoms with Gasteiger partial charge in [0.2, 0.25) is 0 Å². The lowest BCUT2D eigenvalue weighted by molar-refractivity contribution is 0.288. The number of rotatable bonds is 2. The molecule has 2 heterocycles. The standard InChI is InChI=1S/C13H16BrClN4/c1-17-4-6-18(7-5-17)19-12-8-10(14)2-3-11(12)16-13(19)9-15/h2-3,8H,4-7,9H2,1H3. The Kier molecular flexibility index (Phi) is 3.69. The van der Waals surface area contributed by atoms with Gasteiger partial charge in [-0.25, -0.2) is 9.66 Å². The Hall–Kier alpha value is -0.780. The van der Waals surface area contributed by atoms with Gasteiger partial charge in [0, 0.05) is 30.7 Å². The molecule has 3 rings (SSSR count). The monoisotopic (exact) mass is 342 g/mol. The van der Waals surface area contributed by atoms with Gasteiger partial charge >= 0.3 is 0 Å². The van der Waals surface area contributed by atoms with Gasteiger partial charge in [0.15, 0.2) is 0 Å². The summed E-state index contributed by atoms with van der Waals surface area (Å²) in [5, 5.41) is 2.33. The summed E-state index contributed by atoms with van der Waals surface area (Å²) in [4.78, 5) is 6.96. The maximum atomic E-state index is 6.06. The summed E-state index contributed by atoms with van der Waals surface area (Å²) in [5.41, 5.74) is 2.12. The van der Waals surface area contributed by atoms with E-state index >= 15 is 0 Å². The molecule has 0 saturated carbocycles. The van der Waals surface area contributed by atoms with Gasteiger partial charge < -0.3 is 9.91 Å². The van der Waals surface area contributed by atoms with Crippen LogP contribution >= 0.6 is 27.5 Å². The summed E-state index contributed by atoms with van der Waals surface area (Å²) in [6.07, 6.45) is 0. The predicted octanol–water partition coefficient (Wildman–Crippen LogP) is 2.42. The van der Waals surface area contributed by atoms with Crippen molar-refractivity contribution in [1.29, 1.82) is 0 Å². The smallest absolute Gasteiger partial charge is 0.143 e. The highest BCUT2D eigenvalue weighted by Crippen LogP contribution is 2.22. The number of fused-ring (bicyclic) bond motifs is 1. The second kappa shape index (κ2) is 5.31. The van der Waals surface area contributed by atoms with Crippen LogP contribution in [0.3, 0.4) is 0 Å². The van der Waals surface area contributed by atoms with Crippen molar-refractivity contribution in [3.8, 4) is 0 Å². The number of imidazole rings is 1. The van der Waals surface area contributed by atoms with Crippen LogP contribution in [0.4, 0.5) is 0 Å². The van der Waals surface area contributed by atoms with Crippen molar-refractivity contribution in [2.24, 2.45) is 0 Å². The quantitative estimate of drug-likeness (QED) is 0.783. The molecule has 0 aliphatic carbocycles. The molecule has 1 aromatic carbocycles. The van der Waals surface area contributed by atoms with Gasteiger partial charge in [-0.3, -0.25) is 0 Å². The fourth-order valence-corrected chi connectivity index (χ4v) is 3.01. The van der Waals surface area contributed by atoms with Gasteiger partial charge in [0.1, 0.15) is 5.82 Å². The van der Waals surface area contributed by atoms with Crippen molar-refractivity contribution in [2.75, 3.05) is 38.2 Å². The molecule has 0 radical (unpaired) electrons. The molecular formula is C13H16BrClN4. The van der Waals surface area contributed by atoms with Gasteiger partial charge in [-0.1, -0.05) is 15.9 Å². The summed E-state index contributed by atoms with van der Waals surface area (Å²) in [6.45, 7) is 4.13. The minimum absolute atomic E-state index is 0.429. The molecule has 0 spiro atoms. The highest BCUT2D eigenvalue weighted by Gasteiger charge is 2.19. The molecule has 2 aromatic rings. The zero-order valence-electron chi connectivity index (χ0n) is 10.8. The minimum Gasteiger partial charge on any atom is -0.308 e. The van der Waals surface area contributed by atoms with E-state index in [1.165, 1.54) is 0 Å². The van der Waals surface area contributed by atoms with Gasteiger partial charge in [-0.05, 0) is 25.2 Å². The fraction of sp³-hybridized carbons (Fsp3) is 0.462. The van der Waals surface area contributed by atoms with E-state index in [0.717, 1.165) is 47.5 Å². The van der Waals surface area contributed by atoms with Crippen molar-refractivity contribution in [3.05, 3.63) is 28.5 Å². The van der Waals surface area contributed by atoms with Crippen molar-refractivity contribution in [2.45, 2.75) is 5.88 Å². The van der Waals surface area contributed by atoms with E-state index in [-0.39, 0.29) is 0 Å². The fourth-order valence-electron chi connectivity index (χ4n) is 2.48. The van der Waals surface area contributed by atoms with Crippen LogP contribution in [0.15, 0.2) is 22.7 Å². The average molecular weight is 344 g/mol. The summed E-state index contributed by atoms with van der Waals surface area (Å²) in [6, 6.07) is 6.15. The lowest BCUT2D eigenvalue weighted by Crippen LogP contribution is -2.50. The van der Waals surface area contributed by atoms with E-state index < -0.39 is 0 Å². The van der Waals surface area contributed by atoms with Gasteiger partial charge in [0.25, 0.3) is 0 Å². The summed E-state index contributed by atoms with van der Waals surface area (Å²) in [5.74, 6) is 1.35. The van der Waals surface area contributed by atoms with Crippen LogP contribution in [-0.4, -0.2) is 47.8 Å². The second-order valence-corrected chi connectivity index (χ2v) is 6.05. The van der Waals surface area contributed by atoms with E-state index in [4.69, 9.17) is 11.6 Å². The van der Waals surface area contributed by atoms with Crippen molar-refractivity contribution in [3.63, 3.8) is 0 Å². The third kappa shape index (κ3) is 2.47. The van der Waals surface area contributed by atoms with Crippen LogP contribution < -0.4 is 5.01 Å². The maximum absolute atomic E-state index is 6.06. The van der Waals surface area contributed by atoms with Gasteiger partial charge in [-0.15, -0.1) is 11.6 Å². The predicted molar refractivity (Wildman–Crippen MR) is 82.4 cm³/mol. The highest BCUT2D eigenvalue weighted by molar-refractivity contribution is 9.10. The number of hydrogen-bond donors (Lipinski definition) is 0. The maximum Gasteiger partial charge on any atom is 0.143 e. The number of alkyl halides is 1. The Balaban J connectivity index is 2.07. The number of likely N-dealkylation sites (N-methyl/N-ethyl adjacent to an activating group) is 1. The molecule has 19 heavy (non-hydrogen) atoms. The van der Waals surface area contributed by atoms with Crippen LogP contribution in [0, 0.1) is 0 Å². The van der Waals surface area contributed by atoms with Crippen LogP contribution in [0.25, 0.3) is 11.0 Å². The molecule has 1 saturated heterocycles. The van der Waals surface area contributed by atoms with Crippen molar-refractivity contribution in [1.82, 2.24) is 14.6 Å². The first kappa shape index (κ1) is 13.2. The average Bonchev–Trinajstić information content (AvgIpc) is 2.77. The third-order valence-corrected chi connectivity index (χ3v) is 4.27. The third-order valence-electron chi connectivity index (χ3n) is 3.54. The zero-order chi connectivity index (χ0) is 13.4.